The van der Waals surface area contributed by atoms with Gasteiger partial charge in [0.05, 0.1) is 30.7 Å². The third-order valence-electron chi connectivity index (χ3n) is 4.08. The van der Waals surface area contributed by atoms with Crippen molar-refractivity contribution < 1.29 is 28.7 Å². The summed E-state index contributed by atoms with van der Waals surface area (Å²) in [6.45, 7) is 1.17. The van der Waals surface area contributed by atoms with Crippen LogP contribution in [0, 0.1) is 10.1 Å². The monoisotopic (exact) mass is 403 g/mol. The van der Waals surface area contributed by atoms with E-state index >= 15 is 0 Å². The van der Waals surface area contributed by atoms with Gasteiger partial charge in [0.25, 0.3) is 11.6 Å². The maximum atomic E-state index is 12.2. The number of carbonyl (C=O) groups is 2. The first-order chi connectivity index (χ1) is 13.8. The molecule has 0 saturated carbocycles. The third kappa shape index (κ3) is 5.34. The Labute approximate surface area is 166 Å². The minimum atomic E-state index is -0.880. The molecule has 10 heteroatoms. The summed E-state index contributed by atoms with van der Waals surface area (Å²) in [5, 5.41) is 13.6. The number of methoxy groups -OCH3 is 2. The smallest absolute Gasteiger partial charge is 0.338 e. The number of hydrogen-bond acceptors (Lipinski definition) is 8. The van der Waals surface area contributed by atoms with E-state index in [9.17, 15) is 19.7 Å². The molecule has 0 aliphatic rings. The Morgan fingerprint density at radius 1 is 1.17 bits per heavy atom. The highest BCUT2D eigenvalue weighted by molar-refractivity contribution is 5.92. The average molecular weight is 403 g/mol. The zero-order chi connectivity index (χ0) is 21.6. The number of nitrogen functional groups attached to an aromatic ring is 1. The van der Waals surface area contributed by atoms with Gasteiger partial charge in [-0.25, -0.2) is 4.79 Å². The van der Waals surface area contributed by atoms with E-state index in [2.05, 4.69) is 5.32 Å². The van der Waals surface area contributed by atoms with Gasteiger partial charge >= 0.3 is 5.97 Å². The number of nitrogens with two attached hydrogens (primary N) is 1. The van der Waals surface area contributed by atoms with Crippen LogP contribution >= 0.6 is 0 Å². The summed E-state index contributed by atoms with van der Waals surface area (Å²) in [5.74, 6) is -0.279. The highest BCUT2D eigenvalue weighted by atomic mass is 16.6. The van der Waals surface area contributed by atoms with Gasteiger partial charge in [-0.3, -0.25) is 14.9 Å². The lowest BCUT2D eigenvalue weighted by atomic mass is 10.1. The molecule has 0 aromatic heterocycles. The minimum Gasteiger partial charge on any atom is -0.497 e. The van der Waals surface area contributed by atoms with Crippen molar-refractivity contribution in [2.45, 2.75) is 13.0 Å². The first-order valence-electron chi connectivity index (χ1n) is 8.49. The lowest BCUT2D eigenvalue weighted by Crippen LogP contribution is -2.31. The second-order valence-electron chi connectivity index (χ2n) is 6.00. The van der Waals surface area contributed by atoms with Crippen molar-refractivity contribution in [3.8, 4) is 11.5 Å². The first-order valence-corrected chi connectivity index (χ1v) is 8.49. The largest absolute Gasteiger partial charge is 0.497 e. The molecule has 0 radical (unpaired) electrons. The highest BCUT2D eigenvalue weighted by Gasteiger charge is 2.19. The highest BCUT2D eigenvalue weighted by Crippen LogP contribution is 2.29. The lowest BCUT2D eigenvalue weighted by molar-refractivity contribution is -0.383. The van der Waals surface area contributed by atoms with E-state index in [1.54, 1.807) is 25.1 Å². The molecular weight excluding hydrogens is 382 g/mol. The molecule has 154 valence electrons. The van der Waals surface area contributed by atoms with Crippen LogP contribution in [0.3, 0.4) is 0 Å². The number of rotatable bonds is 8. The molecule has 1 atom stereocenters. The molecule has 29 heavy (non-hydrogen) atoms. The molecule has 3 N–H and O–H groups in total. The van der Waals surface area contributed by atoms with Crippen LogP contribution in [0.5, 0.6) is 11.5 Å². The summed E-state index contributed by atoms with van der Waals surface area (Å²) < 4.78 is 15.4. The topological polar surface area (TPSA) is 143 Å². The molecule has 2 rings (SSSR count). The van der Waals surface area contributed by atoms with Crippen LogP contribution in [0.15, 0.2) is 36.4 Å². The molecule has 0 bridgehead atoms. The molecular formula is C19H21N3O7. The number of nitro groups is 1. The number of ether oxygens (including phenoxy) is 3. The zero-order valence-electron chi connectivity index (χ0n) is 16.1. The van der Waals surface area contributed by atoms with Crippen LogP contribution in [-0.4, -0.2) is 37.6 Å². The molecule has 10 nitrogen and oxygen atoms in total. The minimum absolute atomic E-state index is 0.0784. The number of carbonyl (C=O) groups excluding carboxylic acids is 2. The fourth-order valence-electron chi connectivity index (χ4n) is 2.58. The van der Waals surface area contributed by atoms with Crippen LogP contribution in [0.1, 0.15) is 28.9 Å². The van der Waals surface area contributed by atoms with Crippen molar-refractivity contribution in [3.05, 3.63) is 57.6 Å². The molecule has 2 aromatic rings. The van der Waals surface area contributed by atoms with E-state index in [0.29, 0.717) is 17.1 Å². The van der Waals surface area contributed by atoms with Crippen molar-refractivity contribution in [2.24, 2.45) is 0 Å². The average Bonchev–Trinajstić information content (AvgIpc) is 2.71. The van der Waals surface area contributed by atoms with E-state index < -0.39 is 35.1 Å². The number of amides is 1. The summed E-state index contributed by atoms with van der Waals surface area (Å²) in [6.07, 6.45) is 0. The molecule has 0 aliphatic heterocycles. The van der Waals surface area contributed by atoms with Gasteiger partial charge in [-0.1, -0.05) is 0 Å². The van der Waals surface area contributed by atoms with Gasteiger partial charge in [-0.2, -0.15) is 0 Å². The van der Waals surface area contributed by atoms with Crippen molar-refractivity contribution in [3.63, 3.8) is 0 Å². The van der Waals surface area contributed by atoms with Crippen LogP contribution < -0.4 is 20.5 Å². The van der Waals surface area contributed by atoms with E-state index in [1.165, 1.54) is 26.4 Å². The SMILES string of the molecule is COc1ccc(OC)c([C@H](C)NC(=O)COC(=O)c2ccc(N)c([N+](=O)[O-])c2)c1. The van der Waals surface area contributed by atoms with Crippen LogP contribution in [0.4, 0.5) is 11.4 Å². The number of nitrogens with one attached hydrogen (secondary N) is 1. The van der Waals surface area contributed by atoms with Gasteiger partial charge < -0.3 is 25.3 Å². The molecule has 2 aromatic carbocycles. The van der Waals surface area contributed by atoms with E-state index in [1.807, 2.05) is 0 Å². The Morgan fingerprint density at radius 2 is 1.90 bits per heavy atom. The second-order valence-corrected chi connectivity index (χ2v) is 6.00. The van der Waals surface area contributed by atoms with Crippen LogP contribution in [0.25, 0.3) is 0 Å². The van der Waals surface area contributed by atoms with Gasteiger partial charge in [0.1, 0.15) is 17.2 Å². The number of hydrogen-bond donors (Lipinski definition) is 2. The molecule has 0 saturated heterocycles. The molecule has 1 amide bonds. The number of nitro benzene ring substituents is 1. The summed E-state index contributed by atoms with van der Waals surface area (Å²) >= 11 is 0. The Bertz CT molecular complexity index is 930. The Hall–Kier alpha value is -3.82. The maximum absolute atomic E-state index is 12.2. The molecule has 0 heterocycles. The van der Waals surface area contributed by atoms with E-state index in [4.69, 9.17) is 19.9 Å². The van der Waals surface area contributed by atoms with Crippen molar-refractivity contribution in [1.29, 1.82) is 0 Å². The van der Waals surface area contributed by atoms with Gasteiger partial charge in [-0.15, -0.1) is 0 Å². The van der Waals surface area contributed by atoms with Gasteiger partial charge in [0.15, 0.2) is 6.61 Å². The summed E-state index contributed by atoms with van der Waals surface area (Å²) in [4.78, 5) is 34.4. The Kier molecular flexibility index (Phi) is 6.96. The standard InChI is InChI=1S/C19H21N3O7/c1-11(14-9-13(27-2)5-7-17(14)28-3)21-18(23)10-29-19(24)12-4-6-15(20)16(8-12)22(25)26/h4-9,11H,10,20H2,1-3H3,(H,21,23)/t11-/m0/s1. The molecule has 0 unspecified atom stereocenters. The van der Waals surface area contributed by atoms with E-state index in [0.717, 1.165) is 6.07 Å². The van der Waals surface area contributed by atoms with Gasteiger partial charge in [0.2, 0.25) is 0 Å². The van der Waals surface area contributed by atoms with Crippen molar-refractivity contribution in [2.75, 3.05) is 26.6 Å². The Balaban J connectivity index is 2.00. The molecule has 0 fully saturated rings. The number of esters is 1. The number of anilines is 1. The van der Waals surface area contributed by atoms with Crippen LogP contribution in [-0.2, 0) is 9.53 Å². The fraction of sp³-hybridized carbons (Fsp3) is 0.263. The summed E-state index contributed by atoms with van der Waals surface area (Å²) in [7, 11) is 3.03. The van der Waals surface area contributed by atoms with Gasteiger partial charge in [0, 0.05) is 11.6 Å². The predicted molar refractivity (Wildman–Crippen MR) is 104 cm³/mol. The van der Waals surface area contributed by atoms with E-state index in [-0.39, 0.29) is 11.3 Å². The fourth-order valence-corrected chi connectivity index (χ4v) is 2.58. The second kappa shape index (κ2) is 9.40. The quantitative estimate of drug-likeness (QED) is 0.296. The van der Waals surface area contributed by atoms with Crippen molar-refractivity contribution >= 4 is 23.3 Å². The molecule has 0 spiro atoms. The van der Waals surface area contributed by atoms with Crippen molar-refractivity contribution in [1.82, 2.24) is 5.32 Å². The normalized spacial score (nSPS) is 11.3. The first kappa shape index (κ1) is 21.5. The zero-order valence-corrected chi connectivity index (χ0v) is 16.1. The summed E-state index contributed by atoms with van der Waals surface area (Å²) in [5.41, 5.74) is 5.60. The van der Waals surface area contributed by atoms with Gasteiger partial charge in [-0.05, 0) is 37.3 Å². The molecule has 0 aliphatic carbocycles. The summed E-state index contributed by atoms with van der Waals surface area (Å²) in [6, 6.07) is 8.22. The number of nitrogens with zero attached hydrogens (tertiary/aromatic N) is 1. The maximum Gasteiger partial charge on any atom is 0.338 e. The van der Waals surface area contributed by atoms with Crippen LogP contribution in [0.2, 0.25) is 0 Å². The number of benzene rings is 2. The Morgan fingerprint density at radius 3 is 2.52 bits per heavy atom. The lowest BCUT2D eigenvalue weighted by Gasteiger charge is -2.18. The third-order valence-corrected chi connectivity index (χ3v) is 4.08. The predicted octanol–water partition coefficient (Wildman–Crippen LogP) is 2.23.